The Kier molecular flexibility index (Phi) is 6.39. The number of carbonyl (C=O) groups is 1. The maximum Gasteiger partial charge on any atom is 0.330 e. The Morgan fingerprint density at radius 1 is 1.45 bits per heavy atom. The second-order valence-corrected chi connectivity index (χ2v) is 2.10. The van der Waals surface area contributed by atoms with Gasteiger partial charge < -0.3 is 4.74 Å². The lowest BCUT2D eigenvalue weighted by Gasteiger charge is -1.86. The fourth-order valence-corrected chi connectivity index (χ4v) is 0.544. The van der Waals surface area contributed by atoms with Crippen molar-refractivity contribution in [2.45, 2.75) is 19.8 Å². The summed E-state index contributed by atoms with van der Waals surface area (Å²) >= 11 is 0. The normalized spacial score (nSPS) is 11.1. The molecule has 0 atom stereocenters. The van der Waals surface area contributed by atoms with Crippen LogP contribution in [-0.4, -0.2) is 13.1 Å². The summed E-state index contributed by atoms with van der Waals surface area (Å²) in [6.07, 6.45) is 9.11. The van der Waals surface area contributed by atoms with Gasteiger partial charge >= 0.3 is 5.97 Å². The lowest BCUT2D eigenvalue weighted by molar-refractivity contribution is -0.134. The highest BCUT2D eigenvalue weighted by atomic mass is 16.5. The number of methoxy groups -OCH3 is 1. The highest BCUT2D eigenvalue weighted by molar-refractivity contribution is 5.82. The van der Waals surface area contributed by atoms with Crippen LogP contribution in [0, 0.1) is 0 Å². The highest BCUT2D eigenvalue weighted by Crippen LogP contribution is 1.88. The number of unbranched alkanes of at least 4 members (excludes halogenated alkanes) is 1. The van der Waals surface area contributed by atoms with E-state index in [9.17, 15) is 4.79 Å². The smallest absolute Gasteiger partial charge is 0.330 e. The van der Waals surface area contributed by atoms with Gasteiger partial charge in [0, 0.05) is 6.08 Å². The quantitative estimate of drug-likeness (QED) is 0.352. The summed E-state index contributed by atoms with van der Waals surface area (Å²) in [4.78, 5) is 10.5. The minimum atomic E-state index is -0.314. The van der Waals surface area contributed by atoms with E-state index in [1.807, 2.05) is 12.2 Å². The zero-order valence-corrected chi connectivity index (χ0v) is 7.04. The van der Waals surface area contributed by atoms with Gasteiger partial charge in [0.2, 0.25) is 0 Å². The van der Waals surface area contributed by atoms with Gasteiger partial charge in [-0.15, -0.1) is 0 Å². The van der Waals surface area contributed by atoms with E-state index in [1.165, 1.54) is 13.2 Å². The molecule has 0 spiro atoms. The number of hydrogen-bond acceptors (Lipinski definition) is 2. The molecule has 2 nitrogen and oxygen atoms in total. The fourth-order valence-electron chi connectivity index (χ4n) is 0.544. The van der Waals surface area contributed by atoms with Gasteiger partial charge in [-0.3, -0.25) is 0 Å². The van der Waals surface area contributed by atoms with Crippen LogP contribution in [0.5, 0.6) is 0 Å². The van der Waals surface area contributed by atoms with E-state index in [1.54, 1.807) is 6.08 Å². The lowest BCUT2D eigenvalue weighted by Crippen LogP contribution is -1.92. The van der Waals surface area contributed by atoms with E-state index in [0.717, 1.165) is 12.8 Å². The van der Waals surface area contributed by atoms with Crippen molar-refractivity contribution in [3.63, 3.8) is 0 Å². The number of carbonyl (C=O) groups excluding carboxylic acids is 1. The van der Waals surface area contributed by atoms with Crippen LogP contribution < -0.4 is 0 Å². The minimum absolute atomic E-state index is 0.314. The predicted octanol–water partition coefficient (Wildman–Crippen LogP) is 2.07. The Bertz CT molecular complexity index is 157. The first-order valence-corrected chi connectivity index (χ1v) is 3.72. The number of rotatable bonds is 4. The monoisotopic (exact) mass is 154 g/mol. The predicted molar refractivity (Wildman–Crippen MR) is 45.2 cm³/mol. The first kappa shape index (κ1) is 9.95. The van der Waals surface area contributed by atoms with Crippen molar-refractivity contribution in [3.05, 3.63) is 24.3 Å². The molecule has 11 heavy (non-hydrogen) atoms. The zero-order chi connectivity index (χ0) is 8.53. The molecule has 0 aromatic heterocycles. The summed E-state index contributed by atoms with van der Waals surface area (Å²) in [6, 6.07) is 0. The van der Waals surface area contributed by atoms with Crippen molar-refractivity contribution in [1.82, 2.24) is 0 Å². The molecule has 0 unspecified atom stereocenters. The number of ether oxygens (including phenoxy) is 1. The molecule has 0 heterocycles. The molecule has 0 saturated heterocycles. The minimum Gasteiger partial charge on any atom is -0.466 e. The Hall–Kier alpha value is -1.05. The van der Waals surface area contributed by atoms with Crippen LogP contribution in [0.15, 0.2) is 24.3 Å². The molecule has 0 aliphatic heterocycles. The average Bonchev–Trinajstić information content (AvgIpc) is 2.04. The first-order chi connectivity index (χ1) is 5.31. The molecule has 0 rings (SSSR count). The van der Waals surface area contributed by atoms with Gasteiger partial charge in [0.15, 0.2) is 0 Å². The molecule has 0 saturated carbocycles. The van der Waals surface area contributed by atoms with Crippen molar-refractivity contribution in [2.75, 3.05) is 7.11 Å². The first-order valence-electron chi connectivity index (χ1n) is 3.72. The van der Waals surface area contributed by atoms with Crippen LogP contribution in [0.25, 0.3) is 0 Å². The summed E-state index contributed by atoms with van der Waals surface area (Å²) in [5.74, 6) is -0.314. The van der Waals surface area contributed by atoms with Gasteiger partial charge in [-0.05, 0) is 6.42 Å². The van der Waals surface area contributed by atoms with Crippen molar-refractivity contribution >= 4 is 5.97 Å². The van der Waals surface area contributed by atoms with Gasteiger partial charge in [-0.25, -0.2) is 4.79 Å². The van der Waals surface area contributed by atoms with Crippen LogP contribution in [0.4, 0.5) is 0 Å². The number of esters is 1. The van der Waals surface area contributed by atoms with Crippen LogP contribution in [0.1, 0.15) is 19.8 Å². The molecule has 62 valence electrons. The molecule has 0 aliphatic carbocycles. The van der Waals surface area contributed by atoms with E-state index in [2.05, 4.69) is 11.7 Å². The van der Waals surface area contributed by atoms with Crippen molar-refractivity contribution in [3.8, 4) is 0 Å². The van der Waals surface area contributed by atoms with E-state index in [-0.39, 0.29) is 5.97 Å². The molecule has 2 heteroatoms. The van der Waals surface area contributed by atoms with Crippen LogP contribution in [0.2, 0.25) is 0 Å². The summed E-state index contributed by atoms with van der Waals surface area (Å²) in [6.45, 7) is 2.11. The Morgan fingerprint density at radius 2 is 2.18 bits per heavy atom. The third kappa shape index (κ3) is 6.84. The van der Waals surface area contributed by atoms with Gasteiger partial charge in [-0.2, -0.15) is 0 Å². The second-order valence-electron chi connectivity index (χ2n) is 2.10. The molecule has 0 amide bonds. The van der Waals surface area contributed by atoms with E-state index in [0.29, 0.717) is 0 Å². The topological polar surface area (TPSA) is 26.3 Å². The summed E-state index contributed by atoms with van der Waals surface area (Å²) < 4.78 is 4.40. The lowest BCUT2D eigenvalue weighted by atomic mass is 10.3. The van der Waals surface area contributed by atoms with Gasteiger partial charge in [0.25, 0.3) is 0 Å². The largest absolute Gasteiger partial charge is 0.466 e. The zero-order valence-electron chi connectivity index (χ0n) is 7.04. The Labute approximate surface area is 67.6 Å². The van der Waals surface area contributed by atoms with Crippen molar-refractivity contribution in [2.24, 2.45) is 0 Å². The van der Waals surface area contributed by atoms with Crippen molar-refractivity contribution in [1.29, 1.82) is 0 Å². The Balaban J connectivity index is 3.50. The maximum absolute atomic E-state index is 10.5. The SMILES string of the molecule is CCC/C=C/C=C\C(=O)OC. The third-order valence-corrected chi connectivity index (χ3v) is 1.14. The molecule has 0 aliphatic rings. The molecular formula is C9H14O2. The van der Waals surface area contributed by atoms with Gasteiger partial charge in [-0.1, -0.05) is 31.6 Å². The summed E-state index contributed by atoms with van der Waals surface area (Å²) in [5, 5.41) is 0. The number of allylic oxidation sites excluding steroid dienone is 3. The van der Waals surface area contributed by atoms with Crippen LogP contribution >= 0.6 is 0 Å². The standard InChI is InChI=1S/C9H14O2/c1-3-4-5-6-7-8-9(10)11-2/h5-8H,3-4H2,1-2H3/b6-5+,8-7-. The maximum atomic E-state index is 10.5. The number of hydrogen-bond donors (Lipinski definition) is 0. The fraction of sp³-hybridized carbons (Fsp3) is 0.444. The highest BCUT2D eigenvalue weighted by Gasteiger charge is 1.85. The van der Waals surface area contributed by atoms with Gasteiger partial charge in [0.1, 0.15) is 0 Å². The second kappa shape index (κ2) is 7.06. The van der Waals surface area contributed by atoms with Crippen molar-refractivity contribution < 1.29 is 9.53 Å². The Morgan fingerprint density at radius 3 is 2.73 bits per heavy atom. The van der Waals surface area contributed by atoms with Crippen LogP contribution in [-0.2, 0) is 9.53 Å². The molecule has 0 fully saturated rings. The van der Waals surface area contributed by atoms with Gasteiger partial charge in [0.05, 0.1) is 7.11 Å². The average molecular weight is 154 g/mol. The molecule has 0 radical (unpaired) electrons. The van der Waals surface area contributed by atoms with E-state index in [4.69, 9.17) is 0 Å². The molecule has 0 aromatic rings. The summed E-state index contributed by atoms with van der Waals surface area (Å²) in [5.41, 5.74) is 0. The summed E-state index contributed by atoms with van der Waals surface area (Å²) in [7, 11) is 1.36. The molecule has 0 N–H and O–H groups in total. The molecule has 0 aromatic carbocycles. The van der Waals surface area contributed by atoms with Crippen LogP contribution in [0.3, 0.4) is 0 Å². The third-order valence-electron chi connectivity index (χ3n) is 1.14. The molecule has 0 bridgehead atoms. The van der Waals surface area contributed by atoms with E-state index < -0.39 is 0 Å². The van der Waals surface area contributed by atoms with E-state index >= 15 is 0 Å². The molecular weight excluding hydrogens is 140 g/mol.